The van der Waals surface area contributed by atoms with Crippen LogP contribution in [0, 0.1) is 13.8 Å². The summed E-state index contributed by atoms with van der Waals surface area (Å²) in [5.74, 6) is 1.21. The fourth-order valence-electron chi connectivity index (χ4n) is 3.72. The molecule has 8 nitrogen and oxygen atoms in total. The summed E-state index contributed by atoms with van der Waals surface area (Å²) in [5, 5.41) is 12.1. The Balaban J connectivity index is 1.46. The number of nitrogens with one attached hydrogen (secondary N) is 1. The van der Waals surface area contributed by atoms with Gasteiger partial charge in [-0.15, -0.1) is 10.2 Å². The number of rotatable bonds is 6. The number of amides is 2. The molecule has 0 saturated carbocycles. The Morgan fingerprint density at radius 1 is 1.21 bits per heavy atom. The molecule has 10 heteroatoms. The number of halogens is 1. The quantitative estimate of drug-likeness (QED) is 0.475. The van der Waals surface area contributed by atoms with Gasteiger partial charge in [0.2, 0.25) is 5.91 Å². The predicted octanol–water partition coefficient (Wildman–Crippen LogP) is 4.41. The summed E-state index contributed by atoms with van der Waals surface area (Å²) in [4.78, 5) is 26.9. The van der Waals surface area contributed by atoms with Gasteiger partial charge in [-0.3, -0.25) is 14.5 Å². The van der Waals surface area contributed by atoms with Gasteiger partial charge >= 0.3 is 0 Å². The highest BCUT2D eigenvalue weighted by atomic mass is 79.9. The third-order valence-electron chi connectivity index (χ3n) is 5.70. The number of fused-ring (bicyclic) bond motifs is 1. The second-order valence-corrected chi connectivity index (χ2v) is 9.57. The summed E-state index contributed by atoms with van der Waals surface area (Å²) >= 11 is 4.80. The molecule has 0 fully saturated rings. The summed E-state index contributed by atoms with van der Waals surface area (Å²) in [6.07, 6.45) is 0. The smallest absolute Gasteiger partial charge is 0.265 e. The molecular weight excluding hydrogens is 506 g/mol. The molecule has 0 radical (unpaired) electrons. The van der Waals surface area contributed by atoms with Crippen LogP contribution in [0.4, 0.5) is 11.4 Å². The van der Waals surface area contributed by atoms with Crippen molar-refractivity contribution in [1.29, 1.82) is 0 Å². The van der Waals surface area contributed by atoms with E-state index in [9.17, 15) is 9.59 Å². The average Bonchev–Trinajstić information content (AvgIpc) is 3.18. The van der Waals surface area contributed by atoms with Crippen molar-refractivity contribution in [3.05, 3.63) is 57.8 Å². The minimum atomic E-state index is -0.350. The lowest BCUT2D eigenvalue weighted by Crippen LogP contribution is -2.41. The number of benzene rings is 2. The van der Waals surface area contributed by atoms with Gasteiger partial charge < -0.3 is 14.6 Å². The number of anilines is 2. The number of carbonyl (C=O) groups is 2. The molecule has 0 spiro atoms. The van der Waals surface area contributed by atoms with E-state index in [-0.39, 0.29) is 30.2 Å². The number of nitrogens with zero attached hydrogens (tertiary/aromatic N) is 4. The van der Waals surface area contributed by atoms with Crippen molar-refractivity contribution in [2.24, 2.45) is 7.05 Å². The Hall–Kier alpha value is -2.85. The molecule has 172 valence electrons. The van der Waals surface area contributed by atoms with E-state index in [1.807, 2.05) is 68.8 Å². The Bertz CT molecular complexity index is 1230. The van der Waals surface area contributed by atoms with Gasteiger partial charge in [-0.2, -0.15) is 0 Å². The first kappa shape index (κ1) is 23.3. The number of ether oxygens (including phenoxy) is 1. The predicted molar refractivity (Wildman–Crippen MR) is 132 cm³/mol. The molecule has 0 unspecified atom stereocenters. The van der Waals surface area contributed by atoms with Crippen LogP contribution < -0.4 is 15.0 Å². The number of hydrogen-bond acceptors (Lipinski definition) is 6. The van der Waals surface area contributed by atoms with Crippen LogP contribution in [0.5, 0.6) is 5.75 Å². The van der Waals surface area contributed by atoms with Gasteiger partial charge in [0.25, 0.3) is 5.91 Å². The fourth-order valence-corrected chi connectivity index (χ4v) is 4.86. The van der Waals surface area contributed by atoms with Crippen molar-refractivity contribution in [2.45, 2.75) is 32.0 Å². The van der Waals surface area contributed by atoms with Gasteiger partial charge in [-0.05, 0) is 56.2 Å². The SMILES string of the molecule is Cc1c(Br)ccc(NC(=O)CSc2nnc([C@H](C)N3C(=O)COc4ccccc43)n2C)c1C. The van der Waals surface area contributed by atoms with Crippen molar-refractivity contribution in [2.75, 3.05) is 22.6 Å². The Labute approximate surface area is 204 Å². The minimum absolute atomic E-state index is 0.0179. The van der Waals surface area contributed by atoms with Gasteiger partial charge in [-0.25, -0.2) is 0 Å². The van der Waals surface area contributed by atoms with E-state index in [4.69, 9.17) is 4.74 Å². The monoisotopic (exact) mass is 529 g/mol. The zero-order valence-electron chi connectivity index (χ0n) is 18.8. The lowest BCUT2D eigenvalue weighted by molar-refractivity contribution is -0.121. The van der Waals surface area contributed by atoms with Crippen LogP contribution in [0.2, 0.25) is 0 Å². The number of hydrogen-bond donors (Lipinski definition) is 1. The third-order valence-corrected chi connectivity index (χ3v) is 7.58. The van der Waals surface area contributed by atoms with Crippen LogP contribution in [0.15, 0.2) is 46.0 Å². The Morgan fingerprint density at radius 3 is 2.76 bits per heavy atom. The van der Waals surface area contributed by atoms with Crippen LogP contribution in [0.1, 0.15) is 29.9 Å². The molecule has 0 aliphatic carbocycles. The third kappa shape index (κ3) is 4.63. The molecule has 2 amide bonds. The van der Waals surface area contributed by atoms with Gasteiger partial charge in [0.1, 0.15) is 5.75 Å². The molecule has 1 N–H and O–H groups in total. The van der Waals surface area contributed by atoms with E-state index in [1.165, 1.54) is 11.8 Å². The standard InChI is InChI=1S/C23H24BrN5O3S/c1-13-14(2)17(10-9-16(13)24)25-20(30)12-33-23-27-26-22(28(23)4)15(3)29-18-7-5-6-8-19(18)32-11-21(29)31/h5-10,15H,11-12H2,1-4H3,(H,25,30)/t15-/m0/s1. The summed E-state index contributed by atoms with van der Waals surface area (Å²) in [7, 11) is 1.84. The van der Waals surface area contributed by atoms with Crippen molar-refractivity contribution in [1.82, 2.24) is 14.8 Å². The molecular formula is C23H24BrN5O3S. The summed E-state index contributed by atoms with van der Waals surface area (Å²) in [6.45, 7) is 5.87. The fraction of sp³-hybridized carbons (Fsp3) is 0.304. The summed E-state index contributed by atoms with van der Waals surface area (Å²) in [5.41, 5.74) is 3.61. The minimum Gasteiger partial charge on any atom is -0.482 e. The van der Waals surface area contributed by atoms with E-state index in [1.54, 1.807) is 4.90 Å². The first-order chi connectivity index (χ1) is 15.8. The second kappa shape index (κ2) is 9.56. The highest BCUT2D eigenvalue weighted by molar-refractivity contribution is 9.10. The topological polar surface area (TPSA) is 89.3 Å². The molecule has 1 atom stereocenters. The largest absolute Gasteiger partial charge is 0.482 e. The van der Waals surface area contributed by atoms with Crippen LogP contribution in [0.3, 0.4) is 0 Å². The lowest BCUT2D eigenvalue weighted by atomic mass is 10.1. The lowest BCUT2D eigenvalue weighted by Gasteiger charge is -2.33. The maximum atomic E-state index is 12.6. The average molecular weight is 530 g/mol. The van der Waals surface area contributed by atoms with Crippen LogP contribution in [-0.2, 0) is 16.6 Å². The maximum absolute atomic E-state index is 12.6. The van der Waals surface area contributed by atoms with Crippen molar-refractivity contribution >= 4 is 50.9 Å². The van der Waals surface area contributed by atoms with E-state index in [0.717, 1.165) is 21.3 Å². The van der Waals surface area contributed by atoms with E-state index in [2.05, 4.69) is 31.4 Å². The van der Waals surface area contributed by atoms with E-state index < -0.39 is 0 Å². The molecule has 1 aliphatic heterocycles. The molecule has 1 aliphatic rings. The van der Waals surface area contributed by atoms with Crippen LogP contribution in [0.25, 0.3) is 0 Å². The molecule has 3 aromatic rings. The molecule has 33 heavy (non-hydrogen) atoms. The molecule has 2 heterocycles. The molecule has 0 bridgehead atoms. The van der Waals surface area contributed by atoms with E-state index in [0.29, 0.717) is 22.4 Å². The molecule has 4 rings (SSSR count). The summed E-state index contributed by atoms with van der Waals surface area (Å²) in [6, 6.07) is 10.9. The molecule has 0 saturated heterocycles. The zero-order valence-corrected chi connectivity index (χ0v) is 21.2. The maximum Gasteiger partial charge on any atom is 0.265 e. The van der Waals surface area contributed by atoms with Crippen molar-refractivity contribution < 1.29 is 14.3 Å². The first-order valence-electron chi connectivity index (χ1n) is 10.4. The number of para-hydroxylation sites is 2. The van der Waals surface area contributed by atoms with Gasteiger partial charge in [0.15, 0.2) is 17.6 Å². The van der Waals surface area contributed by atoms with Crippen LogP contribution >= 0.6 is 27.7 Å². The first-order valence-corrected chi connectivity index (χ1v) is 12.2. The number of carbonyl (C=O) groups excluding carboxylic acids is 2. The highest BCUT2D eigenvalue weighted by Gasteiger charge is 2.32. The van der Waals surface area contributed by atoms with E-state index >= 15 is 0 Å². The Morgan fingerprint density at radius 2 is 1.97 bits per heavy atom. The van der Waals surface area contributed by atoms with Crippen molar-refractivity contribution in [3.63, 3.8) is 0 Å². The molecule has 2 aromatic carbocycles. The molecule has 1 aromatic heterocycles. The normalized spacial score (nSPS) is 14.0. The van der Waals surface area contributed by atoms with Gasteiger partial charge in [-0.1, -0.05) is 39.8 Å². The highest BCUT2D eigenvalue weighted by Crippen LogP contribution is 2.37. The van der Waals surface area contributed by atoms with Gasteiger partial charge in [0, 0.05) is 17.2 Å². The number of aromatic nitrogens is 3. The van der Waals surface area contributed by atoms with Crippen molar-refractivity contribution in [3.8, 4) is 5.75 Å². The zero-order chi connectivity index (χ0) is 23.7. The second-order valence-electron chi connectivity index (χ2n) is 7.78. The van der Waals surface area contributed by atoms with Crippen LogP contribution in [-0.4, -0.2) is 38.9 Å². The summed E-state index contributed by atoms with van der Waals surface area (Å²) < 4.78 is 8.37. The van der Waals surface area contributed by atoms with Gasteiger partial charge in [0.05, 0.1) is 17.5 Å². The Kier molecular flexibility index (Phi) is 6.76. The number of thioether (sulfide) groups is 1.